The molecule has 0 unspecified atom stereocenters. The fraction of sp³-hybridized carbons (Fsp3) is 0.525. The van der Waals surface area contributed by atoms with Crippen molar-refractivity contribution in [3.05, 3.63) is 96.6 Å². The lowest BCUT2D eigenvalue weighted by atomic mass is 9.79. The van der Waals surface area contributed by atoms with Crippen molar-refractivity contribution in [1.82, 2.24) is 0 Å². The van der Waals surface area contributed by atoms with Crippen LogP contribution >= 0.6 is 7.60 Å². The van der Waals surface area contributed by atoms with Crippen LogP contribution in [0.2, 0.25) is 5.04 Å². The summed E-state index contributed by atoms with van der Waals surface area (Å²) >= 11 is 0. The number of ether oxygens (including phenoxy) is 3. The first-order valence-corrected chi connectivity index (χ1v) is 21.2. The summed E-state index contributed by atoms with van der Waals surface area (Å²) in [5.74, 6) is -1.12. The summed E-state index contributed by atoms with van der Waals surface area (Å²) in [5, 5.41) is 2.34. The van der Waals surface area contributed by atoms with E-state index in [1.54, 1.807) is 0 Å². The molecule has 1 aliphatic rings. The molecule has 0 saturated carbocycles. The molecule has 274 valence electrons. The van der Waals surface area contributed by atoms with Crippen molar-refractivity contribution >= 4 is 32.1 Å². The average Bonchev–Trinajstić information content (AvgIpc) is 3.08. The first-order chi connectivity index (χ1) is 23.5. The van der Waals surface area contributed by atoms with Crippen LogP contribution in [-0.4, -0.2) is 65.2 Å². The predicted octanol–water partition coefficient (Wildman–Crippen LogP) is 7.92. The van der Waals surface area contributed by atoms with Gasteiger partial charge in [0, 0.05) is 33.7 Å². The van der Waals surface area contributed by atoms with Gasteiger partial charge in [-0.25, -0.2) is 0 Å². The van der Waals surface area contributed by atoms with E-state index in [0.717, 1.165) is 5.56 Å². The molecular weight excluding hydrogens is 667 g/mol. The molecule has 0 amide bonds. The Kier molecular flexibility index (Phi) is 13.6. The molecule has 0 radical (unpaired) electrons. The van der Waals surface area contributed by atoms with Gasteiger partial charge in [-0.15, -0.1) is 0 Å². The smallest absolute Gasteiger partial charge is 0.337 e. The van der Waals surface area contributed by atoms with Gasteiger partial charge in [-0.1, -0.05) is 126 Å². The standard InChI is InChI=1S/C40H57O8PSi/c1-38(2,3)50(34-21-15-11-16-22-34,35-23-17-12-18-24-35)46-26-25-32-27-33(48-40(6,7)47-32)28-37(45-29-31-19-13-10-14-20-31)39(4,5)36(41)30-49(42,43-8)44-9/h10-24,32-33,37H,25-30H2,1-9H3/t32-,33+,37-/m0/s1. The quantitative estimate of drug-likeness (QED) is 0.103. The highest BCUT2D eigenvalue weighted by molar-refractivity contribution is 7.54. The fourth-order valence-electron chi connectivity index (χ4n) is 6.99. The largest absolute Gasteiger partial charge is 0.407 e. The lowest BCUT2D eigenvalue weighted by Gasteiger charge is -2.45. The van der Waals surface area contributed by atoms with E-state index in [4.69, 9.17) is 27.7 Å². The molecule has 0 N–H and O–H groups in total. The summed E-state index contributed by atoms with van der Waals surface area (Å²) in [7, 11) is -3.69. The highest BCUT2D eigenvalue weighted by atomic mass is 31.2. The van der Waals surface area contributed by atoms with E-state index in [0.29, 0.717) is 32.5 Å². The Bertz CT molecular complexity index is 1490. The minimum Gasteiger partial charge on any atom is -0.407 e. The van der Waals surface area contributed by atoms with E-state index in [9.17, 15) is 9.36 Å². The van der Waals surface area contributed by atoms with Crippen molar-refractivity contribution in [3.8, 4) is 0 Å². The minimum absolute atomic E-state index is 0.134. The predicted molar refractivity (Wildman–Crippen MR) is 202 cm³/mol. The van der Waals surface area contributed by atoms with Crippen molar-refractivity contribution in [2.24, 2.45) is 5.41 Å². The zero-order chi connectivity index (χ0) is 36.6. The second-order valence-electron chi connectivity index (χ2n) is 15.2. The third-order valence-corrected chi connectivity index (χ3v) is 16.6. The van der Waals surface area contributed by atoms with Crippen molar-refractivity contribution < 1.29 is 37.0 Å². The van der Waals surface area contributed by atoms with Crippen molar-refractivity contribution in [2.75, 3.05) is 27.0 Å². The SMILES string of the molecule is COP(=O)(CC(=O)C(C)(C)[C@H](C[C@H]1C[C@H](CCO[Si](c2ccccc2)(c2ccccc2)C(C)(C)C)OC(C)(C)O1)OCc1ccccc1)OC. The number of benzene rings is 3. The number of carbonyl (C=O) groups excluding carboxylic acids is 1. The molecule has 0 bridgehead atoms. The Balaban J connectivity index is 1.55. The van der Waals surface area contributed by atoms with E-state index < -0.39 is 33.2 Å². The van der Waals surface area contributed by atoms with Crippen LogP contribution in [0.3, 0.4) is 0 Å². The summed E-state index contributed by atoms with van der Waals surface area (Å²) in [6.07, 6.45) is 0.424. The van der Waals surface area contributed by atoms with E-state index in [-0.39, 0.29) is 29.2 Å². The second kappa shape index (κ2) is 16.9. The van der Waals surface area contributed by atoms with Crippen LogP contribution in [0.4, 0.5) is 0 Å². The van der Waals surface area contributed by atoms with E-state index in [1.807, 2.05) is 70.2 Å². The van der Waals surface area contributed by atoms with Crippen LogP contribution in [0.25, 0.3) is 0 Å². The Morgan fingerprint density at radius 2 is 1.34 bits per heavy atom. The maximum atomic E-state index is 13.7. The Labute approximate surface area is 300 Å². The number of hydrogen-bond donors (Lipinski definition) is 0. The molecule has 1 saturated heterocycles. The second-order valence-corrected chi connectivity index (χ2v) is 21.8. The molecule has 8 nitrogen and oxygen atoms in total. The maximum absolute atomic E-state index is 13.7. The maximum Gasteiger partial charge on any atom is 0.337 e. The molecule has 3 aromatic rings. The molecule has 3 atom stereocenters. The zero-order valence-electron chi connectivity index (χ0n) is 31.3. The molecule has 0 aromatic heterocycles. The van der Waals surface area contributed by atoms with Crippen LogP contribution in [-0.2, 0) is 43.7 Å². The highest BCUT2D eigenvalue weighted by Gasteiger charge is 2.50. The van der Waals surface area contributed by atoms with E-state index in [2.05, 4.69) is 69.3 Å². The highest BCUT2D eigenvalue weighted by Crippen LogP contribution is 2.48. The number of hydrogen-bond acceptors (Lipinski definition) is 8. The van der Waals surface area contributed by atoms with Gasteiger partial charge in [0.15, 0.2) is 11.6 Å². The molecule has 1 fully saturated rings. The molecule has 10 heteroatoms. The summed E-state index contributed by atoms with van der Waals surface area (Å²) in [5.41, 5.74) is -0.0263. The molecular formula is C40H57O8PSi. The van der Waals surface area contributed by atoms with Crippen LogP contribution in [0, 0.1) is 5.41 Å². The van der Waals surface area contributed by atoms with Crippen LogP contribution in [0.5, 0.6) is 0 Å². The van der Waals surface area contributed by atoms with Crippen LogP contribution in [0.15, 0.2) is 91.0 Å². The average molecular weight is 725 g/mol. The molecule has 1 heterocycles. The van der Waals surface area contributed by atoms with Crippen molar-refractivity contribution in [3.63, 3.8) is 0 Å². The lowest BCUT2D eigenvalue weighted by Crippen LogP contribution is -2.66. The molecule has 1 aliphatic heterocycles. The van der Waals surface area contributed by atoms with Gasteiger partial charge in [0.25, 0.3) is 8.32 Å². The topological polar surface area (TPSA) is 89.5 Å². The summed E-state index contributed by atoms with van der Waals surface area (Å²) in [6, 6.07) is 31.1. The number of Topliss-reactive ketones (excluding diaryl/α,β-unsaturated/α-hetero) is 1. The van der Waals surface area contributed by atoms with Crippen molar-refractivity contribution in [2.45, 2.75) is 103 Å². The first-order valence-electron chi connectivity index (χ1n) is 17.6. The van der Waals surface area contributed by atoms with E-state index in [1.165, 1.54) is 24.6 Å². The fourth-order valence-corrected chi connectivity index (χ4v) is 12.7. The number of rotatable bonds is 17. The lowest BCUT2D eigenvalue weighted by molar-refractivity contribution is -0.305. The van der Waals surface area contributed by atoms with Gasteiger partial charge in [-0.2, -0.15) is 0 Å². The molecule has 50 heavy (non-hydrogen) atoms. The summed E-state index contributed by atoms with van der Waals surface area (Å²) < 4.78 is 49.9. The van der Waals surface area contributed by atoms with Crippen LogP contribution in [0.1, 0.15) is 73.3 Å². The third kappa shape index (κ3) is 9.90. The van der Waals surface area contributed by atoms with Gasteiger partial charge in [0.1, 0.15) is 6.16 Å². The van der Waals surface area contributed by atoms with Gasteiger partial charge in [-0.3, -0.25) is 9.36 Å². The minimum atomic E-state index is -3.57. The zero-order valence-corrected chi connectivity index (χ0v) is 33.2. The van der Waals surface area contributed by atoms with Crippen molar-refractivity contribution in [1.29, 1.82) is 0 Å². The number of ketones is 1. The monoisotopic (exact) mass is 724 g/mol. The summed E-state index contributed by atoms with van der Waals surface area (Å²) in [4.78, 5) is 13.7. The van der Waals surface area contributed by atoms with Gasteiger partial charge in [-0.05, 0) is 41.2 Å². The Morgan fingerprint density at radius 1 is 0.840 bits per heavy atom. The third-order valence-electron chi connectivity index (χ3n) is 9.79. The number of carbonyl (C=O) groups is 1. The van der Waals surface area contributed by atoms with Crippen LogP contribution < -0.4 is 10.4 Å². The molecule has 0 aliphatic carbocycles. The first kappa shape index (κ1) is 40.3. The van der Waals surface area contributed by atoms with Gasteiger partial charge < -0.3 is 27.7 Å². The molecule has 3 aromatic carbocycles. The van der Waals surface area contributed by atoms with Gasteiger partial charge in [0.2, 0.25) is 0 Å². The van der Waals surface area contributed by atoms with Gasteiger partial charge in [0.05, 0.1) is 30.3 Å². The Hall–Kier alpha value is -2.46. The van der Waals surface area contributed by atoms with Gasteiger partial charge >= 0.3 is 7.60 Å². The molecule has 4 rings (SSSR count). The normalized spacial score (nSPS) is 19.2. The van der Waals surface area contributed by atoms with E-state index >= 15 is 0 Å². The molecule has 0 spiro atoms. The Morgan fingerprint density at radius 3 is 1.84 bits per heavy atom. The summed E-state index contributed by atoms with van der Waals surface area (Å²) in [6.45, 7) is 15.2.